The summed E-state index contributed by atoms with van der Waals surface area (Å²) in [7, 11) is 0. The Morgan fingerprint density at radius 1 is 1.28 bits per heavy atom. The zero-order valence-corrected chi connectivity index (χ0v) is 16.9. The Balaban J connectivity index is 1.51. The van der Waals surface area contributed by atoms with E-state index >= 15 is 0 Å². The zero-order valence-electron chi connectivity index (χ0n) is 16.9. The van der Waals surface area contributed by atoms with Crippen LogP contribution >= 0.6 is 0 Å². The fraction of sp³-hybridized carbons (Fsp3) is 0.375. The molecule has 0 radical (unpaired) electrons. The molecule has 152 valence electrons. The van der Waals surface area contributed by atoms with Gasteiger partial charge in [-0.2, -0.15) is 0 Å². The van der Waals surface area contributed by atoms with Crippen LogP contribution in [0.2, 0.25) is 0 Å². The predicted molar refractivity (Wildman–Crippen MR) is 112 cm³/mol. The number of likely N-dealkylation sites (tertiary alicyclic amines) is 1. The van der Waals surface area contributed by atoms with Crippen LogP contribution in [0.1, 0.15) is 41.8 Å². The van der Waals surface area contributed by atoms with Crippen LogP contribution in [0.5, 0.6) is 0 Å². The molecule has 1 saturated heterocycles. The SMILES string of the molecule is CC(C)(O)C#Cc1cccc(C(=O)NC[C@H]2CCN(Cc3ccccc3F)C2)c1. The van der Waals surface area contributed by atoms with Crippen molar-refractivity contribution < 1.29 is 14.3 Å². The third kappa shape index (κ3) is 6.42. The van der Waals surface area contributed by atoms with Gasteiger partial charge in [-0.25, -0.2) is 4.39 Å². The molecule has 2 N–H and O–H groups in total. The van der Waals surface area contributed by atoms with Gasteiger partial charge in [0.1, 0.15) is 11.4 Å². The van der Waals surface area contributed by atoms with Crippen LogP contribution in [0, 0.1) is 23.6 Å². The number of halogens is 1. The highest BCUT2D eigenvalue weighted by atomic mass is 19.1. The van der Waals surface area contributed by atoms with Crippen molar-refractivity contribution in [2.24, 2.45) is 5.92 Å². The van der Waals surface area contributed by atoms with Crippen LogP contribution < -0.4 is 5.32 Å². The van der Waals surface area contributed by atoms with E-state index in [-0.39, 0.29) is 11.7 Å². The average molecular weight is 394 g/mol. The third-order valence-electron chi connectivity index (χ3n) is 4.91. The molecule has 1 aliphatic rings. The van der Waals surface area contributed by atoms with Crippen LogP contribution in [-0.2, 0) is 6.54 Å². The number of aliphatic hydroxyl groups is 1. The monoisotopic (exact) mass is 394 g/mol. The quantitative estimate of drug-likeness (QED) is 0.766. The Morgan fingerprint density at radius 2 is 2.07 bits per heavy atom. The summed E-state index contributed by atoms with van der Waals surface area (Å²) in [5.41, 5.74) is 0.876. The van der Waals surface area contributed by atoms with Gasteiger partial charge in [0.2, 0.25) is 0 Å². The van der Waals surface area contributed by atoms with Crippen molar-refractivity contribution in [2.45, 2.75) is 32.4 Å². The molecule has 3 rings (SSSR count). The fourth-order valence-corrected chi connectivity index (χ4v) is 3.39. The molecule has 0 aliphatic carbocycles. The van der Waals surface area contributed by atoms with E-state index in [4.69, 9.17) is 0 Å². The molecule has 4 nitrogen and oxygen atoms in total. The summed E-state index contributed by atoms with van der Waals surface area (Å²) in [6, 6.07) is 13.9. The van der Waals surface area contributed by atoms with Gasteiger partial charge in [-0.05, 0) is 57.0 Å². The molecule has 1 fully saturated rings. The lowest BCUT2D eigenvalue weighted by Gasteiger charge is -2.17. The van der Waals surface area contributed by atoms with Crippen LogP contribution in [0.25, 0.3) is 0 Å². The smallest absolute Gasteiger partial charge is 0.251 e. The van der Waals surface area contributed by atoms with Crippen molar-refractivity contribution in [3.8, 4) is 11.8 Å². The number of hydrogen-bond acceptors (Lipinski definition) is 3. The van der Waals surface area contributed by atoms with Gasteiger partial charge in [0.15, 0.2) is 0 Å². The maximum absolute atomic E-state index is 13.8. The average Bonchev–Trinajstić information content (AvgIpc) is 3.13. The Morgan fingerprint density at radius 3 is 2.83 bits per heavy atom. The molecule has 1 atom stereocenters. The number of rotatable bonds is 5. The normalized spacial score (nSPS) is 16.9. The van der Waals surface area contributed by atoms with E-state index in [1.54, 1.807) is 38.1 Å². The van der Waals surface area contributed by atoms with E-state index in [0.29, 0.717) is 35.7 Å². The van der Waals surface area contributed by atoms with E-state index in [0.717, 1.165) is 19.5 Å². The van der Waals surface area contributed by atoms with Gasteiger partial charge in [-0.3, -0.25) is 9.69 Å². The Bertz CT molecular complexity index is 924. The van der Waals surface area contributed by atoms with Gasteiger partial charge in [0, 0.05) is 36.3 Å². The van der Waals surface area contributed by atoms with Gasteiger partial charge in [0.05, 0.1) is 0 Å². The first-order valence-electron chi connectivity index (χ1n) is 9.90. The molecule has 0 spiro atoms. The van der Waals surface area contributed by atoms with Gasteiger partial charge in [-0.15, -0.1) is 0 Å². The highest BCUT2D eigenvalue weighted by molar-refractivity contribution is 5.94. The number of hydrogen-bond donors (Lipinski definition) is 2. The summed E-state index contributed by atoms with van der Waals surface area (Å²) in [5, 5.41) is 12.7. The molecule has 0 aromatic heterocycles. The summed E-state index contributed by atoms with van der Waals surface area (Å²) in [6.45, 7) is 6.16. The van der Waals surface area contributed by atoms with Crippen molar-refractivity contribution in [3.63, 3.8) is 0 Å². The first-order valence-corrected chi connectivity index (χ1v) is 9.90. The van der Waals surface area contributed by atoms with E-state index in [2.05, 4.69) is 22.1 Å². The van der Waals surface area contributed by atoms with Gasteiger partial charge in [-0.1, -0.05) is 36.1 Å². The molecule has 0 unspecified atom stereocenters. The number of carbonyl (C=O) groups is 1. The topological polar surface area (TPSA) is 52.6 Å². The second kappa shape index (κ2) is 9.21. The molecule has 0 saturated carbocycles. The van der Waals surface area contributed by atoms with E-state index in [9.17, 15) is 14.3 Å². The molecule has 0 bridgehead atoms. The van der Waals surface area contributed by atoms with Crippen molar-refractivity contribution in [2.75, 3.05) is 19.6 Å². The minimum atomic E-state index is -1.07. The number of nitrogens with zero attached hydrogens (tertiary/aromatic N) is 1. The number of carbonyl (C=O) groups excluding carboxylic acids is 1. The van der Waals surface area contributed by atoms with E-state index in [1.807, 2.05) is 18.2 Å². The molecule has 2 aromatic carbocycles. The highest BCUT2D eigenvalue weighted by Crippen LogP contribution is 2.19. The van der Waals surface area contributed by atoms with Gasteiger partial charge >= 0.3 is 0 Å². The van der Waals surface area contributed by atoms with Gasteiger partial charge < -0.3 is 10.4 Å². The van der Waals surface area contributed by atoms with Crippen LogP contribution in [0.4, 0.5) is 4.39 Å². The molecule has 5 heteroatoms. The number of amides is 1. The summed E-state index contributed by atoms with van der Waals surface area (Å²) in [6.07, 6.45) is 0.978. The van der Waals surface area contributed by atoms with E-state index < -0.39 is 5.60 Å². The zero-order chi connectivity index (χ0) is 20.9. The maximum atomic E-state index is 13.8. The summed E-state index contributed by atoms with van der Waals surface area (Å²) in [5.74, 6) is 5.69. The molecule has 29 heavy (non-hydrogen) atoms. The van der Waals surface area contributed by atoms with E-state index in [1.165, 1.54) is 6.07 Å². The molecular weight excluding hydrogens is 367 g/mol. The van der Waals surface area contributed by atoms with Crippen LogP contribution in [0.3, 0.4) is 0 Å². The second-order valence-corrected chi connectivity index (χ2v) is 8.08. The predicted octanol–water partition coefficient (Wildman–Crippen LogP) is 3.20. The summed E-state index contributed by atoms with van der Waals surface area (Å²) in [4.78, 5) is 14.7. The number of nitrogens with one attached hydrogen (secondary N) is 1. The maximum Gasteiger partial charge on any atom is 0.251 e. The van der Waals surface area contributed by atoms with Crippen molar-refractivity contribution >= 4 is 5.91 Å². The Hall–Kier alpha value is -2.68. The fourth-order valence-electron chi connectivity index (χ4n) is 3.39. The summed E-state index contributed by atoms with van der Waals surface area (Å²) < 4.78 is 13.8. The van der Waals surface area contributed by atoms with Crippen molar-refractivity contribution in [1.29, 1.82) is 0 Å². The van der Waals surface area contributed by atoms with Crippen molar-refractivity contribution in [3.05, 3.63) is 71.0 Å². The van der Waals surface area contributed by atoms with Gasteiger partial charge in [0.25, 0.3) is 5.91 Å². The first kappa shape index (κ1) is 21.0. The molecular formula is C24H27FN2O2. The first-order chi connectivity index (χ1) is 13.8. The third-order valence-corrected chi connectivity index (χ3v) is 4.91. The molecule has 2 aromatic rings. The Kier molecular flexibility index (Phi) is 6.68. The highest BCUT2D eigenvalue weighted by Gasteiger charge is 2.23. The lowest BCUT2D eigenvalue weighted by atomic mass is 10.1. The standard InChI is InChI=1S/C24H27FN2O2/c1-24(2,29)12-10-18-6-5-8-20(14-18)23(28)26-15-19-11-13-27(16-19)17-21-7-3-4-9-22(21)25/h3-9,14,19,29H,11,13,15-17H2,1-2H3,(H,26,28)/t19-/m1/s1. The lowest BCUT2D eigenvalue weighted by Crippen LogP contribution is -2.31. The van der Waals surface area contributed by atoms with Crippen LogP contribution in [-0.4, -0.2) is 41.1 Å². The molecule has 1 aliphatic heterocycles. The molecule has 1 amide bonds. The van der Waals surface area contributed by atoms with Crippen LogP contribution in [0.15, 0.2) is 48.5 Å². The second-order valence-electron chi connectivity index (χ2n) is 8.08. The van der Waals surface area contributed by atoms with Crippen molar-refractivity contribution in [1.82, 2.24) is 10.2 Å². The Labute approximate surface area is 171 Å². The largest absolute Gasteiger partial charge is 0.378 e. The number of benzene rings is 2. The minimum absolute atomic E-state index is 0.135. The molecule has 1 heterocycles. The lowest BCUT2D eigenvalue weighted by molar-refractivity contribution is 0.0947. The summed E-state index contributed by atoms with van der Waals surface area (Å²) >= 11 is 0. The minimum Gasteiger partial charge on any atom is -0.378 e.